The fourth-order valence-electron chi connectivity index (χ4n) is 5.24. The molecule has 0 bridgehead atoms. The zero-order chi connectivity index (χ0) is 21.8. The maximum Gasteiger partial charge on any atom is 0.165 e. The highest BCUT2D eigenvalue weighted by atomic mass is 35.5. The largest absolute Gasteiger partial charge is 0.494 e. The van der Waals surface area contributed by atoms with Crippen molar-refractivity contribution in [2.24, 2.45) is 5.92 Å². The number of fused-ring (bicyclic) bond motifs is 5. The fourth-order valence-corrected chi connectivity index (χ4v) is 5.24. The molecule has 2 aliphatic heterocycles. The van der Waals surface area contributed by atoms with Gasteiger partial charge < -0.3 is 19.9 Å². The second kappa shape index (κ2) is 9.61. The molecule has 8 heteroatoms. The van der Waals surface area contributed by atoms with Gasteiger partial charge in [0.05, 0.1) is 18.3 Å². The van der Waals surface area contributed by atoms with E-state index < -0.39 is 0 Å². The Bertz CT molecular complexity index is 1340. The van der Waals surface area contributed by atoms with Gasteiger partial charge in [-0.25, -0.2) is 9.37 Å². The van der Waals surface area contributed by atoms with Crippen LogP contribution in [0.15, 0.2) is 42.5 Å². The number of nitrogens with zero attached hydrogens (tertiary/aromatic N) is 2. The molecule has 1 fully saturated rings. The number of ether oxygens (including phenoxy) is 1. The minimum absolute atomic E-state index is 0. The summed E-state index contributed by atoms with van der Waals surface area (Å²) in [5.74, 6) is 1.70. The lowest BCUT2D eigenvalue weighted by atomic mass is 10.0. The predicted molar refractivity (Wildman–Crippen MR) is 141 cm³/mol. The first-order valence-electron chi connectivity index (χ1n) is 11.3. The molecule has 4 heterocycles. The summed E-state index contributed by atoms with van der Waals surface area (Å²) in [6.07, 6.45) is 1.56. The second-order valence-electron chi connectivity index (χ2n) is 9.16. The first-order chi connectivity index (χ1) is 15.6. The predicted octanol–water partition coefficient (Wildman–Crippen LogP) is 5.27. The molecule has 34 heavy (non-hydrogen) atoms. The Balaban J connectivity index is 0.00000137. The summed E-state index contributed by atoms with van der Waals surface area (Å²) in [6.45, 7) is 5.48. The average molecular weight is 503 g/mol. The van der Waals surface area contributed by atoms with E-state index in [4.69, 9.17) is 9.72 Å². The molecule has 4 aromatic rings. The van der Waals surface area contributed by atoms with Crippen molar-refractivity contribution in [2.75, 3.05) is 31.6 Å². The van der Waals surface area contributed by atoms with Crippen LogP contribution in [0.25, 0.3) is 21.8 Å². The number of hydrogen-bond acceptors (Lipinski definition) is 4. The van der Waals surface area contributed by atoms with E-state index in [1.807, 2.05) is 6.07 Å². The van der Waals surface area contributed by atoms with Gasteiger partial charge in [0.25, 0.3) is 0 Å². The topological polar surface area (TPSA) is 53.2 Å². The van der Waals surface area contributed by atoms with Crippen LogP contribution < -0.4 is 15.0 Å². The molecule has 2 aliphatic rings. The number of pyridine rings is 1. The third-order valence-electron chi connectivity index (χ3n) is 7.02. The first-order valence-corrected chi connectivity index (χ1v) is 11.3. The first kappa shape index (κ1) is 24.6. The summed E-state index contributed by atoms with van der Waals surface area (Å²) in [6, 6.07) is 14.1. The van der Waals surface area contributed by atoms with Gasteiger partial charge in [0.2, 0.25) is 0 Å². The smallest absolute Gasteiger partial charge is 0.165 e. The lowest BCUT2D eigenvalue weighted by Crippen LogP contribution is -2.49. The van der Waals surface area contributed by atoms with Crippen LogP contribution in [0.1, 0.15) is 23.7 Å². The molecule has 0 saturated carbocycles. The van der Waals surface area contributed by atoms with Crippen molar-refractivity contribution < 1.29 is 9.13 Å². The molecule has 0 spiro atoms. The Morgan fingerprint density at radius 1 is 1.15 bits per heavy atom. The molecule has 0 aliphatic carbocycles. The number of aromatic nitrogens is 2. The molecule has 2 N–H and O–H groups in total. The monoisotopic (exact) mass is 502 g/mol. The number of anilines is 1. The van der Waals surface area contributed by atoms with Gasteiger partial charge in [0, 0.05) is 59.9 Å². The Labute approximate surface area is 210 Å². The normalized spacial score (nSPS) is 17.3. The molecule has 2 aromatic heterocycles. The Kier molecular flexibility index (Phi) is 6.94. The van der Waals surface area contributed by atoms with Crippen molar-refractivity contribution in [3.05, 3.63) is 65.1 Å². The number of hydrogen-bond donors (Lipinski definition) is 2. The maximum absolute atomic E-state index is 14.4. The summed E-state index contributed by atoms with van der Waals surface area (Å²) in [5.41, 5.74) is 5.37. The third kappa shape index (κ3) is 3.98. The van der Waals surface area contributed by atoms with E-state index in [1.54, 1.807) is 12.1 Å². The molecule has 6 rings (SSSR count). The Hall–Kier alpha value is -2.54. The highest BCUT2D eigenvalue weighted by molar-refractivity contribution is 6.11. The zero-order valence-corrected chi connectivity index (χ0v) is 20.9. The number of benzene rings is 2. The van der Waals surface area contributed by atoms with Crippen LogP contribution >= 0.6 is 24.8 Å². The summed E-state index contributed by atoms with van der Waals surface area (Å²) >= 11 is 0. The average Bonchev–Trinajstić information content (AvgIpc) is 3.29. The van der Waals surface area contributed by atoms with Crippen LogP contribution in [-0.4, -0.2) is 42.8 Å². The molecule has 0 amide bonds. The van der Waals surface area contributed by atoms with Gasteiger partial charge in [-0.15, -0.1) is 24.8 Å². The Morgan fingerprint density at radius 3 is 2.65 bits per heavy atom. The lowest BCUT2D eigenvalue weighted by Gasteiger charge is -2.34. The van der Waals surface area contributed by atoms with Gasteiger partial charge in [0.15, 0.2) is 11.6 Å². The van der Waals surface area contributed by atoms with Gasteiger partial charge in [-0.05, 0) is 37.1 Å². The van der Waals surface area contributed by atoms with E-state index in [9.17, 15) is 4.39 Å². The van der Waals surface area contributed by atoms with Gasteiger partial charge in [-0.3, -0.25) is 0 Å². The quantitative estimate of drug-likeness (QED) is 0.390. The van der Waals surface area contributed by atoms with Crippen molar-refractivity contribution >= 4 is 52.4 Å². The number of halogens is 3. The SMILES string of the molecule is COc1ccc(Cc2nc3c(c4c2[nH]c2ccccc24)CC(C)N3CC2CNC2)cc1F.Cl.Cl. The van der Waals surface area contributed by atoms with Crippen LogP contribution in [0.2, 0.25) is 0 Å². The van der Waals surface area contributed by atoms with Crippen molar-refractivity contribution in [1.82, 2.24) is 15.3 Å². The number of methoxy groups -OCH3 is 1. The van der Waals surface area contributed by atoms with Crippen LogP contribution in [0.4, 0.5) is 10.2 Å². The van der Waals surface area contributed by atoms with E-state index in [-0.39, 0.29) is 36.4 Å². The molecule has 1 atom stereocenters. The van der Waals surface area contributed by atoms with Crippen LogP contribution in [-0.2, 0) is 12.8 Å². The zero-order valence-electron chi connectivity index (χ0n) is 19.2. The van der Waals surface area contributed by atoms with Crippen molar-refractivity contribution in [1.29, 1.82) is 0 Å². The third-order valence-corrected chi connectivity index (χ3v) is 7.02. The summed E-state index contributed by atoms with van der Waals surface area (Å²) in [7, 11) is 1.49. The molecular weight excluding hydrogens is 474 g/mol. The van der Waals surface area contributed by atoms with Crippen LogP contribution in [0, 0.1) is 11.7 Å². The summed E-state index contributed by atoms with van der Waals surface area (Å²) in [5, 5.41) is 5.90. The maximum atomic E-state index is 14.4. The van der Waals surface area contributed by atoms with E-state index in [0.717, 1.165) is 54.2 Å². The van der Waals surface area contributed by atoms with Gasteiger partial charge >= 0.3 is 0 Å². The van der Waals surface area contributed by atoms with Crippen LogP contribution in [0.3, 0.4) is 0 Å². The molecular formula is C26H29Cl2FN4O. The number of nitrogens with one attached hydrogen (secondary N) is 2. The second-order valence-corrected chi connectivity index (χ2v) is 9.16. The molecule has 2 aromatic carbocycles. The van der Waals surface area contributed by atoms with Crippen molar-refractivity contribution in [3.63, 3.8) is 0 Å². The highest BCUT2D eigenvalue weighted by Gasteiger charge is 2.34. The van der Waals surface area contributed by atoms with E-state index in [0.29, 0.717) is 18.4 Å². The van der Waals surface area contributed by atoms with Gasteiger partial charge in [-0.1, -0.05) is 24.3 Å². The molecule has 1 saturated heterocycles. The minimum atomic E-state index is -0.341. The van der Waals surface area contributed by atoms with E-state index >= 15 is 0 Å². The number of aromatic amines is 1. The number of para-hydroxylation sites is 1. The van der Waals surface area contributed by atoms with Crippen LogP contribution in [0.5, 0.6) is 5.75 Å². The van der Waals surface area contributed by atoms with Gasteiger partial charge in [-0.2, -0.15) is 0 Å². The Morgan fingerprint density at radius 2 is 1.94 bits per heavy atom. The fraction of sp³-hybridized carbons (Fsp3) is 0.346. The van der Waals surface area contributed by atoms with Crippen molar-refractivity contribution in [2.45, 2.75) is 25.8 Å². The minimum Gasteiger partial charge on any atom is -0.494 e. The van der Waals surface area contributed by atoms with E-state index in [2.05, 4.69) is 46.4 Å². The highest BCUT2D eigenvalue weighted by Crippen LogP contribution is 2.41. The molecule has 5 nitrogen and oxygen atoms in total. The van der Waals surface area contributed by atoms with Crippen molar-refractivity contribution in [3.8, 4) is 5.75 Å². The van der Waals surface area contributed by atoms with Gasteiger partial charge in [0.1, 0.15) is 5.82 Å². The number of rotatable bonds is 5. The molecule has 0 radical (unpaired) electrons. The summed E-state index contributed by atoms with van der Waals surface area (Å²) in [4.78, 5) is 11.3. The lowest BCUT2D eigenvalue weighted by molar-refractivity contribution is 0.343. The standard InChI is InChI=1S/C26H27FN4O.2ClH/c1-15-9-19-24-18-5-3-4-6-21(18)29-25(24)22(11-16-7-8-23(32-2)20(27)10-16)30-26(19)31(15)14-17-12-28-13-17;;/h3-8,10,15,17,28-29H,9,11-14H2,1-2H3;2*1H. The molecule has 1 unspecified atom stereocenters. The van der Waals surface area contributed by atoms with E-state index in [1.165, 1.54) is 23.4 Å². The number of H-pyrrole nitrogens is 1. The summed E-state index contributed by atoms with van der Waals surface area (Å²) < 4.78 is 19.5. The molecule has 180 valence electrons.